The van der Waals surface area contributed by atoms with E-state index in [0.29, 0.717) is 0 Å². The Labute approximate surface area is 123 Å². The van der Waals surface area contributed by atoms with Crippen LogP contribution in [0.15, 0.2) is 52.1 Å². The monoisotopic (exact) mass is 288 g/mol. The number of benzene rings is 1. The normalized spacial score (nSPS) is 18.0. The van der Waals surface area contributed by atoms with Gasteiger partial charge in [-0.25, -0.2) is 0 Å². The average molecular weight is 288 g/mol. The third kappa shape index (κ3) is 2.13. The Morgan fingerprint density at radius 2 is 1.20 bits per heavy atom. The Hall–Kier alpha value is -1.07. The molecule has 0 bridgehead atoms. The number of hydrogen-bond acceptors (Lipinski definition) is 1. The van der Waals surface area contributed by atoms with Gasteiger partial charge in [-0.2, -0.15) is 0 Å². The van der Waals surface area contributed by atoms with E-state index in [9.17, 15) is 4.57 Å². The summed E-state index contributed by atoms with van der Waals surface area (Å²) in [5.74, 6) is 0. The molecular formula is C18H25OP. The molecule has 1 aliphatic heterocycles. The van der Waals surface area contributed by atoms with Gasteiger partial charge in [-0.1, -0.05) is 58.0 Å². The van der Waals surface area contributed by atoms with Crippen molar-refractivity contribution in [1.82, 2.24) is 0 Å². The maximum absolute atomic E-state index is 14.0. The summed E-state index contributed by atoms with van der Waals surface area (Å²) in [5.41, 5.74) is 2.75. The molecule has 0 fully saturated rings. The third-order valence-electron chi connectivity index (χ3n) is 4.32. The highest BCUT2D eigenvalue weighted by Crippen LogP contribution is 2.69. The van der Waals surface area contributed by atoms with Gasteiger partial charge in [0.1, 0.15) is 0 Å². The Kier molecular flexibility index (Phi) is 4.70. The third-order valence-corrected chi connectivity index (χ3v) is 8.04. The van der Waals surface area contributed by atoms with Gasteiger partial charge >= 0.3 is 0 Å². The largest absolute Gasteiger partial charge is 0.309 e. The second kappa shape index (κ2) is 6.14. The Morgan fingerprint density at radius 3 is 1.55 bits per heavy atom. The molecule has 0 unspecified atom stereocenters. The van der Waals surface area contributed by atoms with E-state index < -0.39 is 7.14 Å². The molecule has 0 saturated heterocycles. The van der Waals surface area contributed by atoms with Crippen molar-refractivity contribution in [2.75, 3.05) is 0 Å². The van der Waals surface area contributed by atoms with Crippen LogP contribution in [0.3, 0.4) is 0 Å². The van der Waals surface area contributed by atoms with Crippen LogP contribution in [0, 0.1) is 0 Å². The highest BCUT2D eigenvalue weighted by Gasteiger charge is 2.40. The fourth-order valence-corrected chi connectivity index (χ4v) is 7.33. The lowest BCUT2D eigenvalue weighted by Crippen LogP contribution is -2.06. The molecule has 1 heterocycles. The second-order valence-corrected chi connectivity index (χ2v) is 8.02. The maximum atomic E-state index is 14.0. The van der Waals surface area contributed by atoms with Crippen molar-refractivity contribution in [3.05, 3.63) is 52.1 Å². The Bertz CT molecular complexity index is 561. The van der Waals surface area contributed by atoms with Crippen LogP contribution in [-0.2, 0) is 4.57 Å². The van der Waals surface area contributed by atoms with Crippen molar-refractivity contribution in [2.24, 2.45) is 0 Å². The lowest BCUT2D eigenvalue weighted by Gasteiger charge is -2.20. The van der Waals surface area contributed by atoms with E-state index in [2.05, 4.69) is 27.7 Å². The molecule has 0 spiro atoms. The summed E-state index contributed by atoms with van der Waals surface area (Å²) < 4.78 is 14.0. The van der Waals surface area contributed by atoms with Crippen molar-refractivity contribution in [3.8, 4) is 0 Å². The Morgan fingerprint density at radius 1 is 0.750 bits per heavy atom. The molecule has 0 saturated carbocycles. The van der Waals surface area contributed by atoms with Gasteiger partial charge in [0.2, 0.25) is 0 Å². The van der Waals surface area contributed by atoms with Gasteiger partial charge < -0.3 is 4.57 Å². The topological polar surface area (TPSA) is 17.1 Å². The van der Waals surface area contributed by atoms with Crippen LogP contribution in [0.2, 0.25) is 0 Å². The molecule has 0 N–H and O–H groups in total. The summed E-state index contributed by atoms with van der Waals surface area (Å²) in [5, 5.41) is 3.43. The zero-order valence-electron chi connectivity index (χ0n) is 13.1. The van der Waals surface area contributed by atoms with Crippen LogP contribution >= 0.6 is 7.14 Å². The van der Waals surface area contributed by atoms with Crippen molar-refractivity contribution in [1.29, 1.82) is 0 Å². The van der Waals surface area contributed by atoms with Gasteiger partial charge in [0.15, 0.2) is 7.14 Å². The maximum Gasteiger partial charge on any atom is 0.163 e. The van der Waals surface area contributed by atoms with Gasteiger partial charge in [0, 0.05) is 15.9 Å². The van der Waals surface area contributed by atoms with Crippen LogP contribution in [0.25, 0.3) is 0 Å². The van der Waals surface area contributed by atoms with Crippen LogP contribution in [0.4, 0.5) is 0 Å². The molecule has 2 rings (SSSR count). The molecule has 1 aromatic rings. The summed E-state index contributed by atoms with van der Waals surface area (Å²) in [6.45, 7) is 8.67. The molecule has 108 valence electrons. The molecule has 0 radical (unpaired) electrons. The van der Waals surface area contributed by atoms with E-state index in [1.807, 2.05) is 30.3 Å². The zero-order chi connectivity index (χ0) is 14.8. The lowest BCUT2D eigenvalue weighted by atomic mass is 9.99. The number of allylic oxidation sites excluding steroid dienone is 4. The van der Waals surface area contributed by atoms with Crippen molar-refractivity contribution in [3.63, 3.8) is 0 Å². The van der Waals surface area contributed by atoms with Gasteiger partial charge in [0.05, 0.1) is 0 Å². The molecule has 1 nitrogen and oxygen atoms in total. The molecule has 1 aromatic carbocycles. The van der Waals surface area contributed by atoms with Gasteiger partial charge in [-0.05, 0) is 36.8 Å². The first kappa shape index (κ1) is 15.3. The predicted molar refractivity (Wildman–Crippen MR) is 88.9 cm³/mol. The molecule has 20 heavy (non-hydrogen) atoms. The molecule has 0 aromatic heterocycles. The predicted octanol–water partition coefficient (Wildman–Crippen LogP) is 5.84. The average Bonchev–Trinajstić information content (AvgIpc) is 2.75. The summed E-state index contributed by atoms with van der Waals surface area (Å²) >= 11 is 0. The van der Waals surface area contributed by atoms with Crippen LogP contribution in [0.1, 0.15) is 53.4 Å². The van der Waals surface area contributed by atoms with E-state index in [4.69, 9.17) is 0 Å². The number of hydrogen-bond donors (Lipinski definition) is 0. The minimum atomic E-state index is -2.53. The second-order valence-electron chi connectivity index (χ2n) is 5.21. The zero-order valence-corrected chi connectivity index (χ0v) is 14.0. The van der Waals surface area contributed by atoms with Gasteiger partial charge in [0.25, 0.3) is 0 Å². The SMILES string of the molecule is CCC1=C(CC)P(=O)(c2ccccc2)C(CC)=C1CC. The van der Waals surface area contributed by atoms with Crippen LogP contribution < -0.4 is 5.30 Å². The first-order valence-electron chi connectivity index (χ1n) is 7.76. The summed E-state index contributed by atoms with van der Waals surface area (Å²) in [7, 11) is -2.53. The summed E-state index contributed by atoms with van der Waals surface area (Å²) in [6.07, 6.45) is 3.77. The number of rotatable bonds is 5. The van der Waals surface area contributed by atoms with Crippen LogP contribution in [0.5, 0.6) is 0 Å². The van der Waals surface area contributed by atoms with E-state index in [0.717, 1.165) is 31.0 Å². The highest BCUT2D eigenvalue weighted by molar-refractivity contribution is 7.79. The van der Waals surface area contributed by atoms with Crippen molar-refractivity contribution in [2.45, 2.75) is 53.4 Å². The van der Waals surface area contributed by atoms with E-state index in [-0.39, 0.29) is 0 Å². The minimum absolute atomic E-state index is 0.891. The molecule has 2 heteroatoms. The minimum Gasteiger partial charge on any atom is -0.309 e. The first-order chi connectivity index (χ1) is 9.64. The molecule has 0 amide bonds. The van der Waals surface area contributed by atoms with E-state index >= 15 is 0 Å². The fraction of sp³-hybridized carbons (Fsp3) is 0.444. The van der Waals surface area contributed by atoms with Crippen LogP contribution in [-0.4, -0.2) is 0 Å². The van der Waals surface area contributed by atoms with Gasteiger partial charge in [-0.3, -0.25) is 0 Å². The van der Waals surface area contributed by atoms with Crippen molar-refractivity contribution < 1.29 is 4.57 Å². The van der Waals surface area contributed by atoms with Gasteiger partial charge in [-0.15, -0.1) is 0 Å². The summed E-state index contributed by atoms with van der Waals surface area (Å²) in [4.78, 5) is 0. The first-order valence-corrected chi connectivity index (χ1v) is 9.46. The van der Waals surface area contributed by atoms with E-state index in [1.165, 1.54) is 21.8 Å². The lowest BCUT2D eigenvalue weighted by molar-refractivity contribution is 0.587. The molecular weight excluding hydrogens is 263 g/mol. The molecule has 1 aliphatic rings. The summed E-state index contributed by atoms with van der Waals surface area (Å²) in [6, 6.07) is 10.1. The highest BCUT2D eigenvalue weighted by atomic mass is 31.2. The quantitative estimate of drug-likeness (QED) is 0.622. The smallest absolute Gasteiger partial charge is 0.163 e. The standard InChI is InChI=1S/C18H25OP/c1-5-15-16(6-2)18(8-4)20(19,17(15)7-3)14-12-10-9-11-13-14/h9-13H,5-8H2,1-4H3. The Balaban J connectivity index is 2.75. The molecule has 0 aliphatic carbocycles. The fourth-order valence-electron chi connectivity index (χ4n) is 3.55. The van der Waals surface area contributed by atoms with Crippen molar-refractivity contribution >= 4 is 12.4 Å². The van der Waals surface area contributed by atoms with E-state index in [1.54, 1.807) is 0 Å². The molecule has 0 atom stereocenters.